The minimum Gasteiger partial charge on any atom is -0.493 e. The van der Waals surface area contributed by atoms with Crippen molar-refractivity contribution in [2.75, 3.05) is 26.8 Å². The highest BCUT2D eigenvalue weighted by molar-refractivity contribution is 5.99. The predicted octanol–water partition coefficient (Wildman–Crippen LogP) is 3.79. The molecule has 0 aromatic heterocycles. The predicted molar refractivity (Wildman–Crippen MR) is 121 cm³/mol. The summed E-state index contributed by atoms with van der Waals surface area (Å²) < 4.78 is 11.0. The molecular weight excluding hydrogens is 394 g/mol. The Bertz CT molecular complexity index is 848. The van der Waals surface area contributed by atoms with Crippen LogP contribution in [0.15, 0.2) is 42.5 Å². The van der Waals surface area contributed by atoms with E-state index >= 15 is 0 Å². The zero-order valence-corrected chi connectivity index (χ0v) is 18.9. The first-order valence-electron chi connectivity index (χ1n) is 10.7. The van der Waals surface area contributed by atoms with Gasteiger partial charge in [-0.15, -0.1) is 0 Å². The van der Waals surface area contributed by atoms with Crippen LogP contribution in [0.3, 0.4) is 0 Å². The summed E-state index contributed by atoms with van der Waals surface area (Å²) in [5.41, 5.74) is 6.86. The molecule has 0 fully saturated rings. The number of rotatable bonds is 11. The van der Waals surface area contributed by atoms with Gasteiger partial charge in [0, 0.05) is 17.7 Å². The maximum Gasteiger partial charge on any atom is 0.269 e. The number of unbranched alkanes of at least 4 members (excludes halogenated alkanes) is 1. The number of benzene rings is 2. The molecule has 0 aliphatic rings. The van der Waals surface area contributed by atoms with E-state index in [9.17, 15) is 9.59 Å². The zero-order valence-electron chi connectivity index (χ0n) is 18.9. The number of amides is 2. The zero-order chi connectivity index (χ0) is 22.6. The van der Waals surface area contributed by atoms with Crippen molar-refractivity contribution in [3.05, 3.63) is 59.2 Å². The quantitative estimate of drug-likeness (QED) is 0.421. The Morgan fingerprint density at radius 2 is 1.48 bits per heavy atom. The van der Waals surface area contributed by atoms with Crippen molar-refractivity contribution in [3.8, 4) is 11.5 Å². The van der Waals surface area contributed by atoms with Gasteiger partial charge in [0.1, 0.15) is 0 Å². The van der Waals surface area contributed by atoms with Crippen molar-refractivity contribution in [2.24, 2.45) is 0 Å². The number of carbonyl (C=O) groups is 2. The third-order valence-electron chi connectivity index (χ3n) is 4.99. The van der Waals surface area contributed by atoms with Crippen molar-refractivity contribution >= 4 is 11.8 Å². The summed E-state index contributed by atoms with van der Waals surface area (Å²) in [6.07, 6.45) is 1.97. The normalized spacial score (nSPS) is 10.6. The van der Waals surface area contributed by atoms with E-state index in [4.69, 9.17) is 9.47 Å². The molecule has 0 spiro atoms. The number of nitrogens with zero attached hydrogens (tertiary/aromatic N) is 1. The highest BCUT2D eigenvalue weighted by Crippen LogP contribution is 2.28. The van der Waals surface area contributed by atoms with Crippen LogP contribution >= 0.6 is 0 Å². The number of ether oxygens (including phenoxy) is 2. The second kappa shape index (κ2) is 12.6. The first-order valence-corrected chi connectivity index (χ1v) is 10.7. The minimum atomic E-state index is -0.440. The van der Waals surface area contributed by atoms with Crippen LogP contribution in [0.1, 0.15) is 59.9 Å². The van der Waals surface area contributed by atoms with Gasteiger partial charge in [-0.25, -0.2) is 0 Å². The number of methoxy groups -OCH3 is 1. The number of hydrogen-bond donors (Lipinski definition) is 2. The Balaban J connectivity index is 1.93. The summed E-state index contributed by atoms with van der Waals surface area (Å²) in [6, 6.07) is 12.3. The summed E-state index contributed by atoms with van der Waals surface area (Å²) >= 11 is 0. The lowest BCUT2D eigenvalue weighted by atomic mass is 10.1. The smallest absolute Gasteiger partial charge is 0.269 e. The van der Waals surface area contributed by atoms with Crippen LogP contribution in [0, 0.1) is 0 Å². The van der Waals surface area contributed by atoms with E-state index in [1.54, 1.807) is 30.3 Å². The van der Waals surface area contributed by atoms with Crippen LogP contribution in [0.5, 0.6) is 11.5 Å². The van der Waals surface area contributed by atoms with E-state index in [1.165, 1.54) is 7.11 Å². The number of nitrogens with one attached hydrogen (secondary N) is 2. The molecule has 0 radical (unpaired) electrons. The summed E-state index contributed by atoms with van der Waals surface area (Å²) in [7, 11) is 1.52. The molecule has 0 atom stereocenters. The van der Waals surface area contributed by atoms with E-state index in [0.717, 1.165) is 38.0 Å². The lowest BCUT2D eigenvalue weighted by molar-refractivity contribution is 0.0846. The van der Waals surface area contributed by atoms with E-state index in [1.807, 2.05) is 12.1 Å². The molecule has 0 saturated carbocycles. The number of hydrazine groups is 1. The molecule has 2 rings (SSSR count). The molecule has 0 aliphatic heterocycles. The molecule has 0 unspecified atom stereocenters. The van der Waals surface area contributed by atoms with Crippen LogP contribution in [0.25, 0.3) is 0 Å². The molecule has 0 bridgehead atoms. The fraction of sp³-hybridized carbons (Fsp3) is 0.417. The lowest BCUT2D eigenvalue weighted by Crippen LogP contribution is -2.41. The molecular formula is C24H33N3O4. The second-order valence-electron chi connectivity index (χ2n) is 7.13. The summed E-state index contributed by atoms with van der Waals surface area (Å²) in [6.45, 7) is 9.70. The Kier molecular flexibility index (Phi) is 9.84. The monoisotopic (exact) mass is 427 g/mol. The Morgan fingerprint density at radius 3 is 2.06 bits per heavy atom. The van der Waals surface area contributed by atoms with E-state index in [0.29, 0.717) is 29.2 Å². The van der Waals surface area contributed by atoms with Crippen molar-refractivity contribution in [1.29, 1.82) is 0 Å². The summed E-state index contributed by atoms with van der Waals surface area (Å²) in [4.78, 5) is 27.1. The average molecular weight is 428 g/mol. The molecule has 2 amide bonds. The van der Waals surface area contributed by atoms with Crippen molar-refractivity contribution in [3.63, 3.8) is 0 Å². The van der Waals surface area contributed by atoms with E-state index < -0.39 is 5.91 Å². The topological polar surface area (TPSA) is 79.9 Å². The Hall–Kier alpha value is -3.06. The van der Waals surface area contributed by atoms with E-state index in [2.05, 4.69) is 36.5 Å². The molecule has 2 N–H and O–H groups in total. The molecule has 0 saturated heterocycles. The van der Waals surface area contributed by atoms with Crippen LogP contribution in [-0.4, -0.2) is 43.5 Å². The van der Waals surface area contributed by atoms with Crippen LogP contribution in [0.4, 0.5) is 0 Å². The van der Waals surface area contributed by atoms with Gasteiger partial charge in [0.05, 0.1) is 13.7 Å². The summed E-state index contributed by atoms with van der Waals surface area (Å²) in [5.74, 6) is 0.236. The van der Waals surface area contributed by atoms with Gasteiger partial charge in [0.2, 0.25) is 0 Å². The van der Waals surface area contributed by atoms with Gasteiger partial charge in [-0.2, -0.15) is 0 Å². The fourth-order valence-electron chi connectivity index (χ4n) is 2.98. The molecule has 2 aromatic rings. The van der Waals surface area contributed by atoms with Gasteiger partial charge in [-0.05, 0) is 55.4 Å². The fourth-order valence-corrected chi connectivity index (χ4v) is 2.98. The van der Waals surface area contributed by atoms with Gasteiger partial charge >= 0.3 is 0 Å². The molecule has 31 heavy (non-hydrogen) atoms. The Morgan fingerprint density at radius 1 is 0.871 bits per heavy atom. The molecule has 7 heteroatoms. The van der Waals surface area contributed by atoms with Gasteiger partial charge in [0.25, 0.3) is 11.8 Å². The lowest BCUT2D eigenvalue weighted by Gasteiger charge is -2.18. The minimum absolute atomic E-state index is 0.356. The highest BCUT2D eigenvalue weighted by atomic mass is 16.5. The number of carbonyl (C=O) groups excluding carboxylic acids is 2. The summed E-state index contributed by atoms with van der Waals surface area (Å²) in [5, 5.41) is 0. The first kappa shape index (κ1) is 24.2. The number of hydrogen-bond acceptors (Lipinski definition) is 5. The first-order chi connectivity index (χ1) is 15.0. The maximum absolute atomic E-state index is 12.4. The van der Waals surface area contributed by atoms with Crippen molar-refractivity contribution in [1.82, 2.24) is 15.8 Å². The van der Waals surface area contributed by atoms with Gasteiger partial charge in [-0.3, -0.25) is 25.3 Å². The SMILES string of the molecule is CCCCOc1ccc(C(=O)NNC(=O)c2ccc(CN(CC)CC)cc2)cc1OC. The molecule has 7 nitrogen and oxygen atoms in total. The molecule has 168 valence electrons. The molecule has 0 heterocycles. The van der Waals surface area contributed by atoms with Crippen molar-refractivity contribution < 1.29 is 19.1 Å². The third kappa shape index (κ3) is 7.29. The van der Waals surface area contributed by atoms with Gasteiger partial charge in [-0.1, -0.05) is 39.3 Å². The standard InChI is InChI=1S/C24H33N3O4/c1-5-8-15-31-21-14-13-20(16-22(21)30-4)24(29)26-25-23(28)19-11-9-18(10-12-19)17-27(6-2)7-3/h9-14,16H,5-8,15,17H2,1-4H3,(H,25,28)(H,26,29). The average Bonchev–Trinajstić information content (AvgIpc) is 2.81. The largest absolute Gasteiger partial charge is 0.493 e. The van der Waals surface area contributed by atoms with Crippen LogP contribution in [-0.2, 0) is 6.54 Å². The third-order valence-corrected chi connectivity index (χ3v) is 4.99. The second-order valence-corrected chi connectivity index (χ2v) is 7.13. The van der Waals surface area contributed by atoms with Crippen LogP contribution in [0.2, 0.25) is 0 Å². The molecule has 0 aliphatic carbocycles. The highest BCUT2D eigenvalue weighted by Gasteiger charge is 2.13. The van der Waals surface area contributed by atoms with E-state index in [-0.39, 0.29) is 5.91 Å². The maximum atomic E-state index is 12.4. The van der Waals surface area contributed by atoms with Crippen LogP contribution < -0.4 is 20.3 Å². The van der Waals surface area contributed by atoms with Gasteiger partial charge < -0.3 is 9.47 Å². The van der Waals surface area contributed by atoms with Gasteiger partial charge in [0.15, 0.2) is 11.5 Å². The Labute approximate surface area is 184 Å². The molecule has 2 aromatic carbocycles. The van der Waals surface area contributed by atoms with Crippen molar-refractivity contribution in [2.45, 2.75) is 40.2 Å².